The lowest BCUT2D eigenvalue weighted by Crippen LogP contribution is -2.48. The number of aromatic nitrogens is 1. The van der Waals surface area contributed by atoms with Gasteiger partial charge in [-0.15, -0.1) is 0 Å². The molecule has 2 heterocycles. The molecule has 0 atom stereocenters. The summed E-state index contributed by atoms with van der Waals surface area (Å²) in [5.74, 6) is -1.36. The van der Waals surface area contributed by atoms with Crippen LogP contribution in [-0.4, -0.2) is 46.9 Å². The van der Waals surface area contributed by atoms with Gasteiger partial charge in [0.05, 0.1) is 5.69 Å². The Balaban J connectivity index is 1.86. The summed E-state index contributed by atoms with van der Waals surface area (Å²) in [7, 11) is 0. The fourth-order valence-electron chi connectivity index (χ4n) is 1.62. The highest BCUT2D eigenvalue weighted by molar-refractivity contribution is 5.84. The maximum Gasteiger partial charge on any atom is 0.410 e. The summed E-state index contributed by atoms with van der Waals surface area (Å²) in [4.78, 5) is 23.5. The molecule has 0 bridgehead atoms. The Morgan fingerprint density at radius 2 is 2.39 bits per heavy atom. The molecule has 1 amide bonds. The summed E-state index contributed by atoms with van der Waals surface area (Å²) in [6.45, 7) is 4.51. The van der Waals surface area contributed by atoms with Gasteiger partial charge >= 0.3 is 12.1 Å². The summed E-state index contributed by atoms with van der Waals surface area (Å²) in [6.07, 6.45) is 1.08. The van der Waals surface area contributed by atoms with Gasteiger partial charge < -0.3 is 19.3 Å². The summed E-state index contributed by atoms with van der Waals surface area (Å²) < 4.78 is 9.50. The topological polar surface area (TPSA) is 92.9 Å². The predicted molar refractivity (Wildman–Crippen MR) is 59.3 cm³/mol. The fraction of sp³-hybridized carbons (Fsp3) is 0.364. The molecule has 1 aliphatic rings. The van der Waals surface area contributed by atoms with E-state index in [0.29, 0.717) is 18.8 Å². The summed E-state index contributed by atoms with van der Waals surface area (Å²) in [5, 5.41) is 12.3. The predicted octanol–water partition coefficient (Wildman–Crippen LogP) is 1.09. The standard InChI is InChI=1S/C11H12N2O5/c1-2-3-17-11(16)13-5-7(6-13)8-4-9(10(14)15)18-12-8/h2,4,7H,1,3,5-6H2,(H,14,15). The number of ether oxygens (including phenoxy) is 1. The van der Waals surface area contributed by atoms with Gasteiger partial charge in [0, 0.05) is 25.1 Å². The molecule has 0 aromatic carbocycles. The highest BCUT2D eigenvalue weighted by atomic mass is 16.6. The minimum Gasteiger partial charge on any atom is -0.475 e. The monoisotopic (exact) mass is 252 g/mol. The van der Waals surface area contributed by atoms with Crippen LogP contribution in [0.15, 0.2) is 23.2 Å². The van der Waals surface area contributed by atoms with Gasteiger partial charge in [0.1, 0.15) is 6.61 Å². The van der Waals surface area contributed by atoms with E-state index in [1.54, 1.807) is 0 Å². The molecule has 1 aromatic heterocycles. The molecule has 7 nitrogen and oxygen atoms in total. The van der Waals surface area contributed by atoms with Crippen LogP contribution in [0.4, 0.5) is 4.79 Å². The first-order chi connectivity index (χ1) is 8.61. The Morgan fingerprint density at radius 3 is 2.94 bits per heavy atom. The van der Waals surface area contributed by atoms with Gasteiger partial charge in [-0.2, -0.15) is 0 Å². The average molecular weight is 252 g/mol. The van der Waals surface area contributed by atoms with Gasteiger partial charge in [0.25, 0.3) is 0 Å². The first-order valence-corrected chi connectivity index (χ1v) is 5.34. The van der Waals surface area contributed by atoms with Crippen LogP contribution in [-0.2, 0) is 4.74 Å². The number of carbonyl (C=O) groups is 2. The number of likely N-dealkylation sites (tertiary alicyclic amines) is 1. The fourth-order valence-corrected chi connectivity index (χ4v) is 1.62. The molecule has 1 saturated heterocycles. The van der Waals surface area contributed by atoms with Crippen LogP contribution in [0.5, 0.6) is 0 Å². The van der Waals surface area contributed by atoms with E-state index in [1.165, 1.54) is 17.0 Å². The second-order valence-electron chi connectivity index (χ2n) is 3.89. The number of nitrogens with zero attached hydrogens (tertiary/aromatic N) is 2. The minimum absolute atomic E-state index is 0.00173. The molecule has 2 rings (SSSR count). The number of amides is 1. The number of aromatic carboxylic acids is 1. The van der Waals surface area contributed by atoms with Crippen molar-refractivity contribution in [3.05, 3.63) is 30.2 Å². The molecule has 1 N–H and O–H groups in total. The Morgan fingerprint density at radius 1 is 1.67 bits per heavy atom. The lowest BCUT2D eigenvalue weighted by atomic mass is 9.97. The van der Waals surface area contributed by atoms with Crippen molar-refractivity contribution in [1.29, 1.82) is 0 Å². The van der Waals surface area contributed by atoms with Gasteiger partial charge in [-0.05, 0) is 0 Å². The highest BCUT2D eigenvalue weighted by Crippen LogP contribution is 2.27. The molecule has 1 aliphatic heterocycles. The van der Waals surface area contributed by atoms with Gasteiger partial charge in [0.2, 0.25) is 5.76 Å². The number of rotatable bonds is 4. The van der Waals surface area contributed by atoms with E-state index in [1.807, 2.05) is 0 Å². The van der Waals surface area contributed by atoms with Crippen molar-refractivity contribution in [2.24, 2.45) is 0 Å². The third-order valence-electron chi connectivity index (χ3n) is 2.62. The van der Waals surface area contributed by atoms with Crippen LogP contribution in [0.3, 0.4) is 0 Å². The maximum absolute atomic E-state index is 11.4. The second kappa shape index (κ2) is 4.91. The quantitative estimate of drug-likeness (QED) is 0.806. The number of hydrogen-bond acceptors (Lipinski definition) is 5. The SMILES string of the molecule is C=CCOC(=O)N1CC(c2cc(C(=O)O)on2)C1. The third kappa shape index (κ3) is 2.34. The Kier molecular flexibility index (Phi) is 3.31. The maximum atomic E-state index is 11.4. The molecule has 18 heavy (non-hydrogen) atoms. The zero-order valence-corrected chi connectivity index (χ0v) is 9.54. The van der Waals surface area contributed by atoms with E-state index in [4.69, 9.17) is 9.84 Å². The number of carbonyl (C=O) groups excluding carboxylic acids is 1. The normalized spacial score (nSPS) is 15.0. The van der Waals surface area contributed by atoms with Crippen molar-refractivity contribution < 1.29 is 24.0 Å². The van der Waals surface area contributed by atoms with Crippen LogP contribution in [0.2, 0.25) is 0 Å². The Hall–Kier alpha value is -2.31. The van der Waals surface area contributed by atoms with Crippen LogP contribution >= 0.6 is 0 Å². The summed E-state index contributed by atoms with van der Waals surface area (Å²) >= 11 is 0. The van der Waals surface area contributed by atoms with Gasteiger partial charge in [-0.25, -0.2) is 9.59 Å². The third-order valence-corrected chi connectivity index (χ3v) is 2.62. The largest absolute Gasteiger partial charge is 0.475 e. The first-order valence-electron chi connectivity index (χ1n) is 5.34. The molecule has 1 aromatic rings. The molecule has 0 unspecified atom stereocenters. The number of hydrogen-bond donors (Lipinski definition) is 1. The lowest BCUT2D eigenvalue weighted by Gasteiger charge is -2.36. The smallest absolute Gasteiger partial charge is 0.410 e. The van der Waals surface area contributed by atoms with Crippen molar-refractivity contribution in [2.45, 2.75) is 5.92 Å². The molecule has 0 spiro atoms. The van der Waals surface area contributed by atoms with Crippen LogP contribution in [0.1, 0.15) is 22.2 Å². The zero-order valence-electron chi connectivity index (χ0n) is 9.54. The van der Waals surface area contributed by atoms with Gasteiger partial charge in [-0.1, -0.05) is 17.8 Å². The van der Waals surface area contributed by atoms with E-state index in [9.17, 15) is 9.59 Å². The molecule has 96 valence electrons. The average Bonchev–Trinajstić information content (AvgIpc) is 2.73. The van der Waals surface area contributed by atoms with Crippen LogP contribution in [0, 0.1) is 0 Å². The van der Waals surface area contributed by atoms with Crippen LogP contribution < -0.4 is 0 Å². The van der Waals surface area contributed by atoms with Crippen molar-refractivity contribution >= 4 is 12.1 Å². The van der Waals surface area contributed by atoms with E-state index in [-0.39, 0.29) is 18.3 Å². The highest BCUT2D eigenvalue weighted by Gasteiger charge is 2.35. The van der Waals surface area contributed by atoms with E-state index < -0.39 is 12.1 Å². The zero-order chi connectivity index (χ0) is 13.1. The van der Waals surface area contributed by atoms with Crippen LogP contribution in [0.25, 0.3) is 0 Å². The second-order valence-corrected chi connectivity index (χ2v) is 3.89. The van der Waals surface area contributed by atoms with E-state index in [2.05, 4.69) is 16.3 Å². The van der Waals surface area contributed by atoms with Crippen molar-refractivity contribution in [3.8, 4) is 0 Å². The molecule has 0 aliphatic carbocycles. The molecule has 0 radical (unpaired) electrons. The molecule has 0 saturated carbocycles. The Labute approximate surface area is 103 Å². The molecular formula is C11H12N2O5. The van der Waals surface area contributed by atoms with Gasteiger partial charge in [-0.3, -0.25) is 0 Å². The first kappa shape index (κ1) is 12.2. The van der Waals surface area contributed by atoms with E-state index in [0.717, 1.165) is 0 Å². The molecule has 7 heteroatoms. The number of carboxylic acid groups (broad SMARTS) is 1. The lowest BCUT2D eigenvalue weighted by molar-refractivity contribution is 0.0651. The Bertz CT molecular complexity index is 476. The molecular weight excluding hydrogens is 240 g/mol. The number of carboxylic acids is 1. The van der Waals surface area contributed by atoms with Crippen molar-refractivity contribution in [3.63, 3.8) is 0 Å². The van der Waals surface area contributed by atoms with E-state index >= 15 is 0 Å². The van der Waals surface area contributed by atoms with Crippen molar-refractivity contribution in [2.75, 3.05) is 19.7 Å². The summed E-state index contributed by atoms with van der Waals surface area (Å²) in [5.41, 5.74) is 0.542. The van der Waals surface area contributed by atoms with Gasteiger partial charge in [0.15, 0.2) is 0 Å². The molecule has 1 fully saturated rings. The summed E-state index contributed by atoms with van der Waals surface area (Å²) in [6, 6.07) is 1.37. The minimum atomic E-state index is -1.16. The van der Waals surface area contributed by atoms with Crippen molar-refractivity contribution in [1.82, 2.24) is 10.1 Å².